The maximum absolute atomic E-state index is 12.7. The fourth-order valence-electron chi connectivity index (χ4n) is 3.86. The number of nitrogens with two attached hydrogens (primary N) is 2. The van der Waals surface area contributed by atoms with Crippen LogP contribution in [0.3, 0.4) is 0 Å². The predicted molar refractivity (Wildman–Crippen MR) is 145 cm³/mol. The lowest BCUT2D eigenvalue weighted by Gasteiger charge is -2.26. The zero-order chi connectivity index (χ0) is 28.7. The van der Waals surface area contributed by atoms with Crippen LogP contribution < -0.4 is 16.8 Å². The van der Waals surface area contributed by atoms with Gasteiger partial charge in [-0.25, -0.2) is 4.79 Å². The lowest BCUT2D eigenvalue weighted by molar-refractivity contribution is -0.192. The maximum atomic E-state index is 12.7. The smallest absolute Gasteiger partial charge is 0.475 e. The van der Waals surface area contributed by atoms with E-state index >= 15 is 0 Å². The predicted octanol–water partition coefficient (Wildman–Crippen LogP) is 3.60. The van der Waals surface area contributed by atoms with Crippen molar-refractivity contribution in [1.29, 1.82) is 10.8 Å². The molecule has 0 saturated carbocycles. The van der Waals surface area contributed by atoms with Crippen molar-refractivity contribution < 1.29 is 27.9 Å². The molecule has 2 aliphatic rings. The number of halogens is 3. The number of hydrogen-bond donors (Lipinski definition) is 6. The van der Waals surface area contributed by atoms with Crippen LogP contribution in [0.2, 0.25) is 0 Å². The summed E-state index contributed by atoms with van der Waals surface area (Å²) in [6.45, 7) is 2.74. The summed E-state index contributed by atoms with van der Waals surface area (Å²) in [5, 5.41) is 26.0. The highest BCUT2D eigenvalue weighted by molar-refractivity contribution is 7.17. The Bertz CT molecular complexity index is 1300. The number of hydrogen-bond acceptors (Lipinski definition) is 5. The second kappa shape index (κ2) is 12.5. The third-order valence-corrected chi connectivity index (χ3v) is 7.10. The van der Waals surface area contributed by atoms with Crippen LogP contribution in [-0.2, 0) is 4.79 Å². The number of amides is 1. The second-order valence-corrected chi connectivity index (χ2v) is 9.70. The molecule has 4 rings (SSSR count). The number of thiophene rings is 1. The third kappa shape index (κ3) is 8.07. The molecule has 3 heterocycles. The van der Waals surface area contributed by atoms with E-state index in [2.05, 4.69) is 17.5 Å². The number of anilines is 1. The van der Waals surface area contributed by atoms with Gasteiger partial charge in [-0.05, 0) is 53.8 Å². The van der Waals surface area contributed by atoms with Crippen LogP contribution in [-0.4, -0.2) is 71.1 Å². The number of rotatable bonds is 4. The normalized spacial score (nSPS) is 15.4. The monoisotopic (exact) mass is 563 g/mol. The molecule has 0 atom stereocenters. The molecule has 0 radical (unpaired) electrons. The number of carboxylic acid groups (broad SMARTS) is 1. The SMILES string of the molecule is N=C(N)N1CC=C(c2ccc(C(=O)Nc3ccc(C4=CCN(C(=N)N)CC4)s3)cc2)CC1.O=C(O)C(F)(F)F. The van der Waals surface area contributed by atoms with Crippen LogP contribution in [0.5, 0.6) is 0 Å². The Kier molecular flexibility index (Phi) is 9.35. The van der Waals surface area contributed by atoms with E-state index < -0.39 is 12.1 Å². The molecule has 208 valence electrons. The molecular weight excluding hydrogens is 535 g/mol. The molecule has 8 N–H and O–H groups in total. The number of guanidine groups is 2. The maximum Gasteiger partial charge on any atom is 0.490 e. The summed E-state index contributed by atoms with van der Waals surface area (Å²) in [7, 11) is 0. The van der Waals surface area contributed by atoms with Crippen LogP contribution >= 0.6 is 11.3 Å². The average molecular weight is 564 g/mol. The summed E-state index contributed by atoms with van der Waals surface area (Å²) in [6, 6.07) is 11.6. The number of nitrogens with one attached hydrogen (secondary N) is 3. The largest absolute Gasteiger partial charge is 0.490 e. The van der Waals surface area contributed by atoms with E-state index in [0.29, 0.717) is 18.7 Å². The standard InChI is InChI=1S/C23H27N7OS.C2HF3O2/c24-22(25)29-11-7-16(8-12-29)15-1-3-18(4-2-15)21(31)28-20-6-5-19(32-20)17-9-13-30(14-10-17)23(26)27;3-2(4,5)1(6)7/h1-7,9H,8,10-14H2,(H3,24,25)(H3,26,27)(H,28,31);(H,6,7). The van der Waals surface area contributed by atoms with Crippen molar-refractivity contribution in [2.24, 2.45) is 11.5 Å². The first-order valence-electron chi connectivity index (χ1n) is 11.7. The Balaban J connectivity index is 0.000000532. The first-order chi connectivity index (χ1) is 18.3. The number of carbonyl (C=O) groups is 2. The van der Waals surface area contributed by atoms with Crippen molar-refractivity contribution in [1.82, 2.24) is 9.80 Å². The van der Waals surface area contributed by atoms with Gasteiger partial charge in [-0.2, -0.15) is 13.2 Å². The number of benzene rings is 1. The van der Waals surface area contributed by atoms with Gasteiger partial charge in [0.05, 0.1) is 5.00 Å². The van der Waals surface area contributed by atoms with Crippen LogP contribution in [0.15, 0.2) is 48.6 Å². The van der Waals surface area contributed by atoms with Gasteiger partial charge in [0.15, 0.2) is 11.9 Å². The highest BCUT2D eigenvalue weighted by atomic mass is 32.1. The summed E-state index contributed by atoms with van der Waals surface area (Å²) >= 11 is 1.56. The zero-order valence-electron chi connectivity index (χ0n) is 20.7. The van der Waals surface area contributed by atoms with Gasteiger partial charge in [-0.15, -0.1) is 11.3 Å². The fourth-order valence-corrected chi connectivity index (χ4v) is 4.83. The van der Waals surface area contributed by atoms with Crippen molar-refractivity contribution in [2.45, 2.75) is 19.0 Å². The summed E-state index contributed by atoms with van der Waals surface area (Å²) in [5.41, 5.74) is 15.2. The molecule has 0 fully saturated rings. The van der Waals surface area contributed by atoms with Gasteiger partial charge in [0.2, 0.25) is 0 Å². The summed E-state index contributed by atoms with van der Waals surface area (Å²) in [5.74, 6) is -2.69. The molecule has 0 unspecified atom stereocenters. The Morgan fingerprint density at radius 3 is 1.85 bits per heavy atom. The molecule has 1 aromatic carbocycles. The molecule has 0 bridgehead atoms. The Labute approximate surface area is 226 Å². The van der Waals surface area contributed by atoms with Crippen molar-refractivity contribution in [3.05, 3.63) is 64.6 Å². The van der Waals surface area contributed by atoms with Crippen molar-refractivity contribution in [3.63, 3.8) is 0 Å². The Hall–Kier alpha value is -4.33. The molecular formula is C25H28F3N7O3S. The molecule has 14 heteroatoms. The average Bonchev–Trinajstić information content (AvgIpc) is 3.37. The van der Waals surface area contributed by atoms with Gasteiger partial charge in [-0.3, -0.25) is 15.6 Å². The van der Waals surface area contributed by atoms with Crippen LogP contribution in [0, 0.1) is 10.8 Å². The molecule has 1 amide bonds. The van der Waals surface area contributed by atoms with Crippen LogP contribution in [0.4, 0.5) is 18.2 Å². The lowest BCUT2D eigenvalue weighted by atomic mass is 9.98. The number of carboxylic acids is 1. The van der Waals surface area contributed by atoms with Gasteiger partial charge in [0.25, 0.3) is 5.91 Å². The van der Waals surface area contributed by atoms with E-state index in [1.54, 1.807) is 11.3 Å². The van der Waals surface area contributed by atoms with Crippen molar-refractivity contribution >= 4 is 51.3 Å². The quantitative estimate of drug-likeness (QED) is 0.244. The second-order valence-electron chi connectivity index (χ2n) is 8.62. The van der Waals surface area contributed by atoms with Gasteiger partial charge in [-0.1, -0.05) is 24.3 Å². The minimum absolute atomic E-state index is 0.0989. The number of nitrogens with zero attached hydrogens (tertiary/aromatic N) is 2. The minimum atomic E-state index is -5.08. The van der Waals surface area contributed by atoms with E-state index in [-0.39, 0.29) is 17.8 Å². The van der Waals surface area contributed by atoms with E-state index in [0.717, 1.165) is 41.4 Å². The molecule has 1 aromatic heterocycles. The zero-order valence-corrected chi connectivity index (χ0v) is 21.5. The fraction of sp³-hybridized carbons (Fsp3) is 0.280. The van der Waals surface area contributed by atoms with Gasteiger partial charge in [0, 0.05) is 36.6 Å². The van der Waals surface area contributed by atoms with Crippen LogP contribution in [0.25, 0.3) is 11.1 Å². The minimum Gasteiger partial charge on any atom is -0.475 e. The van der Waals surface area contributed by atoms with E-state index in [1.807, 2.05) is 46.2 Å². The third-order valence-electron chi connectivity index (χ3n) is 6.02. The van der Waals surface area contributed by atoms with Gasteiger partial charge in [0.1, 0.15) is 0 Å². The Morgan fingerprint density at radius 1 is 0.897 bits per heavy atom. The first-order valence-corrected chi connectivity index (χ1v) is 12.5. The summed E-state index contributed by atoms with van der Waals surface area (Å²) in [6.07, 6.45) is 0.747. The number of carbonyl (C=O) groups excluding carboxylic acids is 1. The van der Waals surface area contributed by atoms with Crippen LogP contribution in [0.1, 0.15) is 33.6 Å². The number of alkyl halides is 3. The van der Waals surface area contributed by atoms with E-state index in [9.17, 15) is 18.0 Å². The van der Waals surface area contributed by atoms with Gasteiger partial charge < -0.3 is 31.7 Å². The molecule has 39 heavy (non-hydrogen) atoms. The highest BCUT2D eigenvalue weighted by Gasteiger charge is 2.38. The number of aliphatic carboxylic acids is 1. The van der Waals surface area contributed by atoms with Crippen molar-refractivity contribution in [2.75, 3.05) is 31.5 Å². The van der Waals surface area contributed by atoms with E-state index in [1.165, 1.54) is 11.1 Å². The van der Waals surface area contributed by atoms with Gasteiger partial charge >= 0.3 is 12.1 Å². The molecule has 2 aliphatic heterocycles. The van der Waals surface area contributed by atoms with E-state index in [4.69, 9.17) is 32.2 Å². The topological polar surface area (TPSA) is 173 Å². The summed E-state index contributed by atoms with van der Waals surface area (Å²) in [4.78, 5) is 26.4. The summed E-state index contributed by atoms with van der Waals surface area (Å²) < 4.78 is 31.7. The lowest BCUT2D eigenvalue weighted by Crippen LogP contribution is -2.39. The molecule has 0 saturated heterocycles. The Morgan fingerprint density at radius 2 is 1.41 bits per heavy atom. The molecule has 10 nitrogen and oxygen atoms in total. The molecule has 2 aromatic rings. The molecule has 0 aliphatic carbocycles. The molecule has 0 spiro atoms. The first kappa shape index (κ1) is 29.2. The highest BCUT2D eigenvalue weighted by Crippen LogP contribution is 2.32. The van der Waals surface area contributed by atoms with Crippen molar-refractivity contribution in [3.8, 4) is 0 Å².